The first kappa shape index (κ1) is 18.2. The number of nitrogens with zero attached hydrogens (tertiary/aromatic N) is 1. The van der Waals surface area contributed by atoms with Crippen molar-refractivity contribution in [1.82, 2.24) is 4.90 Å². The Labute approximate surface area is 126 Å². The third-order valence-electron chi connectivity index (χ3n) is 3.14. The molecule has 1 rings (SSSR count). The lowest BCUT2D eigenvalue weighted by atomic mass is 10.1. The summed E-state index contributed by atoms with van der Waals surface area (Å²) in [5.74, 6) is 0.120. The van der Waals surface area contributed by atoms with Gasteiger partial charge in [0.15, 0.2) is 0 Å². The molecule has 108 valence electrons. The quantitative estimate of drug-likeness (QED) is 0.906. The average molecular weight is 305 g/mol. The lowest BCUT2D eigenvalue weighted by Crippen LogP contribution is -2.30. The van der Waals surface area contributed by atoms with Gasteiger partial charge in [-0.2, -0.15) is 0 Å². The minimum Gasteiger partial charge on any atom is -0.339 e. The van der Waals surface area contributed by atoms with E-state index in [9.17, 15) is 4.79 Å². The third kappa shape index (κ3) is 5.81. The van der Waals surface area contributed by atoms with Crippen molar-refractivity contribution in [2.24, 2.45) is 5.73 Å². The number of amides is 1. The van der Waals surface area contributed by atoms with Gasteiger partial charge in [0.1, 0.15) is 0 Å². The van der Waals surface area contributed by atoms with Crippen molar-refractivity contribution in [3.8, 4) is 0 Å². The van der Waals surface area contributed by atoms with Gasteiger partial charge in [-0.25, -0.2) is 0 Å². The number of halogens is 2. The van der Waals surface area contributed by atoms with Crippen molar-refractivity contribution >= 4 is 29.9 Å². The summed E-state index contributed by atoms with van der Waals surface area (Å²) in [5, 5.41) is 0.705. The van der Waals surface area contributed by atoms with Crippen LogP contribution in [0.3, 0.4) is 0 Å². The fourth-order valence-electron chi connectivity index (χ4n) is 1.71. The van der Waals surface area contributed by atoms with Gasteiger partial charge in [-0.15, -0.1) is 12.4 Å². The van der Waals surface area contributed by atoms with Gasteiger partial charge < -0.3 is 10.6 Å². The lowest BCUT2D eigenvalue weighted by molar-refractivity contribution is -0.132. The minimum absolute atomic E-state index is 0. The second-order valence-electron chi connectivity index (χ2n) is 4.75. The Kier molecular flexibility index (Phi) is 8.07. The molecule has 0 bridgehead atoms. The van der Waals surface area contributed by atoms with E-state index in [2.05, 4.69) is 0 Å². The first-order valence-electron chi connectivity index (χ1n) is 6.18. The Morgan fingerprint density at radius 2 is 1.84 bits per heavy atom. The summed E-state index contributed by atoms with van der Waals surface area (Å²) in [7, 11) is 1.82. The van der Waals surface area contributed by atoms with Crippen LogP contribution in [0.15, 0.2) is 24.3 Å². The number of rotatable bonds is 5. The second kappa shape index (κ2) is 8.41. The Hall–Kier alpha value is -0.770. The van der Waals surface area contributed by atoms with Crippen molar-refractivity contribution in [3.63, 3.8) is 0 Å². The molecule has 0 heterocycles. The molecular weight excluding hydrogens is 283 g/mol. The van der Waals surface area contributed by atoms with E-state index in [1.165, 1.54) is 0 Å². The predicted octanol–water partition coefficient (Wildman–Crippen LogP) is 3.41. The normalized spacial score (nSPS) is 13.3. The first-order chi connectivity index (χ1) is 8.41. The number of carbonyl (C=O) groups excluding carboxylic acids is 1. The van der Waals surface area contributed by atoms with Gasteiger partial charge in [0.05, 0.1) is 6.04 Å². The van der Waals surface area contributed by atoms with E-state index in [1.54, 1.807) is 4.90 Å². The summed E-state index contributed by atoms with van der Waals surface area (Å²) in [6, 6.07) is 7.68. The van der Waals surface area contributed by atoms with Crippen LogP contribution in [-0.2, 0) is 4.79 Å². The number of carbonyl (C=O) groups is 1. The van der Waals surface area contributed by atoms with Crippen LogP contribution in [0.25, 0.3) is 0 Å². The van der Waals surface area contributed by atoms with Gasteiger partial charge in [0.25, 0.3) is 0 Å². The second-order valence-corrected chi connectivity index (χ2v) is 5.18. The molecule has 5 heteroatoms. The van der Waals surface area contributed by atoms with Crippen LogP contribution in [0, 0.1) is 0 Å². The summed E-state index contributed by atoms with van der Waals surface area (Å²) in [4.78, 5) is 13.7. The zero-order chi connectivity index (χ0) is 13.7. The molecule has 0 aliphatic carbocycles. The van der Waals surface area contributed by atoms with Crippen LogP contribution in [0.1, 0.15) is 38.3 Å². The van der Waals surface area contributed by atoms with Crippen LogP contribution in [0.2, 0.25) is 5.02 Å². The summed E-state index contributed by atoms with van der Waals surface area (Å²) in [6.45, 7) is 3.92. The van der Waals surface area contributed by atoms with Gasteiger partial charge in [-0.3, -0.25) is 4.79 Å². The molecule has 1 aromatic rings. The Morgan fingerprint density at radius 3 is 2.32 bits per heavy atom. The molecular formula is C14H22Cl2N2O. The SMILES string of the molecule is CC(N)CCC(=O)N(C)C(C)c1ccc(Cl)cc1.Cl. The molecule has 1 aromatic carbocycles. The van der Waals surface area contributed by atoms with Crippen molar-refractivity contribution in [2.75, 3.05) is 7.05 Å². The molecule has 2 unspecified atom stereocenters. The van der Waals surface area contributed by atoms with E-state index >= 15 is 0 Å². The topological polar surface area (TPSA) is 46.3 Å². The highest BCUT2D eigenvalue weighted by Crippen LogP contribution is 2.21. The maximum Gasteiger partial charge on any atom is 0.222 e. The summed E-state index contributed by atoms with van der Waals surface area (Å²) in [6.07, 6.45) is 1.21. The molecule has 19 heavy (non-hydrogen) atoms. The third-order valence-corrected chi connectivity index (χ3v) is 3.39. The van der Waals surface area contributed by atoms with Gasteiger partial charge in [-0.1, -0.05) is 23.7 Å². The van der Waals surface area contributed by atoms with Crippen molar-refractivity contribution in [2.45, 2.75) is 38.8 Å². The number of hydrogen-bond acceptors (Lipinski definition) is 2. The van der Waals surface area contributed by atoms with E-state index in [0.717, 1.165) is 12.0 Å². The van der Waals surface area contributed by atoms with Gasteiger partial charge in [0.2, 0.25) is 5.91 Å². The average Bonchev–Trinajstić information content (AvgIpc) is 2.35. The molecule has 0 radical (unpaired) electrons. The van der Waals surface area contributed by atoms with Gasteiger partial charge in [-0.05, 0) is 38.0 Å². The molecule has 2 N–H and O–H groups in total. The van der Waals surface area contributed by atoms with E-state index in [1.807, 2.05) is 45.2 Å². The van der Waals surface area contributed by atoms with Gasteiger partial charge >= 0.3 is 0 Å². The molecule has 0 saturated heterocycles. The highest BCUT2D eigenvalue weighted by Gasteiger charge is 2.17. The maximum absolute atomic E-state index is 12.0. The monoisotopic (exact) mass is 304 g/mol. The number of nitrogens with two attached hydrogens (primary N) is 1. The fraction of sp³-hybridized carbons (Fsp3) is 0.500. The smallest absolute Gasteiger partial charge is 0.222 e. The Balaban J connectivity index is 0.00000324. The minimum atomic E-state index is 0. The molecule has 0 saturated carbocycles. The van der Waals surface area contributed by atoms with Crippen molar-refractivity contribution in [1.29, 1.82) is 0 Å². The lowest BCUT2D eigenvalue weighted by Gasteiger charge is -2.25. The standard InChI is InChI=1S/C14H21ClN2O.ClH/c1-10(16)4-9-14(18)17(3)11(2)12-5-7-13(15)8-6-12;/h5-8,10-11H,4,9,16H2,1-3H3;1H. The molecule has 0 aliphatic heterocycles. The highest BCUT2D eigenvalue weighted by atomic mass is 35.5. The number of benzene rings is 1. The zero-order valence-electron chi connectivity index (χ0n) is 11.6. The molecule has 3 nitrogen and oxygen atoms in total. The van der Waals surface area contributed by atoms with Crippen molar-refractivity contribution in [3.05, 3.63) is 34.9 Å². The molecule has 0 spiro atoms. The largest absolute Gasteiger partial charge is 0.339 e. The summed E-state index contributed by atoms with van der Waals surface area (Å²) < 4.78 is 0. The van der Waals surface area contributed by atoms with Gasteiger partial charge in [0, 0.05) is 24.5 Å². The van der Waals surface area contributed by atoms with Crippen LogP contribution in [0.4, 0.5) is 0 Å². The summed E-state index contributed by atoms with van der Waals surface area (Å²) >= 11 is 5.85. The van der Waals surface area contributed by atoms with Crippen LogP contribution >= 0.6 is 24.0 Å². The fourth-order valence-corrected chi connectivity index (χ4v) is 1.83. The van der Waals surface area contributed by atoms with Crippen molar-refractivity contribution < 1.29 is 4.79 Å². The Morgan fingerprint density at radius 1 is 1.32 bits per heavy atom. The predicted molar refractivity (Wildman–Crippen MR) is 82.8 cm³/mol. The van der Waals surface area contributed by atoms with Crippen LogP contribution < -0.4 is 5.73 Å². The molecule has 2 atom stereocenters. The van der Waals surface area contributed by atoms with Crippen LogP contribution in [0.5, 0.6) is 0 Å². The highest BCUT2D eigenvalue weighted by molar-refractivity contribution is 6.30. The molecule has 0 fully saturated rings. The first-order valence-corrected chi connectivity index (χ1v) is 6.56. The van der Waals surface area contributed by atoms with E-state index in [-0.39, 0.29) is 30.4 Å². The number of hydrogen-bond donors (Lipinski definition) is 1. The van der Waals surface area contributed by atoms with E-state index < -0.39 is 0 Å². The molecule has 1 amide bonds. The summed E-state index contributed by atoms with van der Waals surface area (Å²) in [5.41, 5.74) is 6.74. The van der Waals surface area contributed by atoms with Crippen LogP contribution in [-0.4, -0.2) is 23.9 Å². The molecule has 0 aliphatic rings. The van der Waals surface area contributed by atoms with E-state index in [4.69, 9.17) is 17.3 Å². The maximum atomic E-state index is 12.0. The Bertz CT molecular complexity index is 393. The van der Waals surface area contributed by atoms with E-state index in [0.29, 0.717) is 11.4 Å². The molecule has 0 aromatic heterocycles. The zero-order valence-corrected chi connectivity index (χ0v) is 13.2.